The lowest BCUT2D eigenvalue weighted by molar-refractivity contribution is -0.120. The van der Waals surface area contributed by atoms with Gasteiger partial charge in [0.15, 0.2) is 0 Å². The van der Waals surface area contributed by atoms with E-state index >= 15 is 0 Å². The Morgan fingerprint density at radius 1 is 1.11 bits per heavy atom. The van der Waals surface area contributed by atoms with E-state index in [4.69, 9.17) is 16.3 Å². The molecule has 1 aliphatic rings. The summed E-state index contributed by atoms with van der Waals surface area (Å²) in [5.41, 5.74) is 2.85. The molecule has 0 aromatic heterocycles. The number of hydrogen-bond acceptors (Lipinski definition) is 4. The first-order valence-electron chi connectivity index (χ1n) is 9.18. The maximum absolute atomic E-state index is 12.7. The van der Waals surface area contributed by atoms with Crippen molar-refractivity contribution in [3.63, 3.8) is 0 Å². The van der Waals surface area contributed by atoms with Gasteiger partial charge in [0, 0.05) is 42.6 Å². The molecule has 144 valence electrons. The number of halogens is 1. The van der Waals surface area contributed by atoms with Crippen molar-refractivity contribution in [3.05, 3.63) is 53.1 Å². The number of anilines is 2. The number of carbonyl (C=O) groups is 1. The summed E-state index contributed by atoms with van der Waals surface area (Å²) < 4.78 is 5.22. The number of rotatable bonds is 5. The number of carbonyl (C=O) groups excluding carboxylic acids is 1. The lowest BCUT2D eigenvalue weighted by Gasteiger charge is -2.38. The Balaban J connectivity index is 1.56. The summed E-state index contributed by atoms with van der Waals surface area (Å²) in [5.74, 6) is 0.859. The minimum Gasteiger partial charge on any atom is -0.497 e. The number of nitrogens with one attached hydrogen (secondary N) is 1. The van der Waals surface area contributed by atoms with Crippen molar-refractivity contribution in [2.45, 2.75) is 19.9 Å². The molecule has 0 bridgehead atoms. The predicted octanol–water partition coefficient (Wildman–Crippen LogP) is 3.81. The molecule has 2 aromatic rings. The van der Waals surface area contributed by atoms with E-state index in [0.717, 1.165) is 43.2 Å². The molecule has 1 amide bonds. The molecule has 1 unspecified atom stereocenters. The van der Waals surface area contributed by atoms with E-state index in [2.05, 4.69) is 27.2 Å². The van der Waals surface area contributed by atoms with Gasteiger partial charge >= 0.3 is 0 Å². The summed E-state index contributed by atoms with van der Waals surface area (Å²) in [4.78, 5) is 17.2. The number of piperazine rings is 1. The first-order valence-corrected chi connectivity index (χ1v) is 9.56. The number of methoxy groups -OCH3 is 1. The van der Waals surface area contributed by atoms with Crippen LogP contribution in [0.5, 0.6) is 5.75 Å². The fourth-order valence-electron chi connectivity index (χ4n) is 3.31. The van der Waals surface area contributed by atoms with E-state index in [1.807, 2.05) is 44.2 Å². The summed E-state index contributed by atoms with van der Waals surface area (Å²) >= 11 is 6.14. The maximum Gasteiger partial charge on any atom is 0.241 e. The minimum absolute atomic E-state index is 0.00161. The zero-order chi connectivity index (χ0) is 19.4. The molecule has 1 N–H and O–H groups in total. The van der Waals surface area contributed by atoms with Crippen molar-refractivity contribution in [1.82, 2.24) is 4.90 Å². The van der Waals surface area contributed by atoms with Crippen LogP contribution in [0.4, 0.5) is 11.4 Å². The van der Waals surface area contributed by atoms with Crippen LogP contribution >= 0.6 is 11.6 Å². The van der Waals surface area contributed by atoms with Gasteiger partial charge in [-0.3, -0.25) is 9.69 Å². The van der Waals surface area contributed by atoms with E-state index in [0.29, 0.717) is 5.02 Å². The topological polar surface area (TPSA) is 44.8 Å². The molecule has 1 atom stereocenters. The highest BCUT2D eigenvalue weighted by Gasteiger charge is 2.26. The molecule has 5 nitrogen and oxygen atoms in total. The third-order valence-corrected chi connectivity index (χ3v) is 5.61. The Morgan fingerprint density at radius 2 is 1.78 bits per heavy atom. The van der Waals surface area contributed by atoms with Gasteiger partial charge in [-0.1, -0.05) is 17.7 Å². The number of nitrogens with zero attached hydrogens (tertiary/aromatic N) is 2. The largest absolute Gasteiger partial charge is 0.497 e. The maximum atomic E-state index is 12.7. The highest BCUT2D eigenvalue weighted by Crippen LogP contribution is 2.24. The van der Waals surface area contributed by atoms with Crippen LogP contribution in [0.25, 0.3) is 0 Å². The van der Waals surface area contributed by atoms with Gasteiger partial charge in [0.05, 0.1) is 13.2 Å². The second-order valence-corrected chi connectivity index (χ2v) is 7.21. The van der Waals surface area contributed by atoms with E-state index in [-0.39, 0.29) is 11.9 Å². The molecule has 6 heteroatoms. The van der Waals surface area contributed by atoms with Gasteiger partial charge in [0.25, 0.3) is 0 Å². The van der Waals surface area contributed by atoms with Gasteiger partial charge in [-0.25, -0.2) is 0 Å². The minimum atomic E-state index is -0.193. The summed E-state index contributed by atoms with van der Waals surface area (Å²) in [6, 6.07) is 13.5. The van der Waals surface area contributed by atoms with Crippen LogP contribution in [0, 0.1) is 6.92 Å². The van der Waals surface area contributed by atoms with Crippen LogP contribution in [-0.4, -0.2) is 50.1 Å². The van der Waals surface area contributed by atoms with Crippen LogP contribution in [0.3, 0.4) is 0 Å². The second kappa shape index (κ2) is 8.63. The number of hydrogen-bond donors (Lipinski definition) is 1. The van der Waals surface area contributed by atoms with Gasteiger partial charge in [-0.15, -0.1) is 0 Å². The molecule has 0 aliphatic carbocycles. The molecule has 0 spiro atoms. The van der Waals surface area contributed by atoms with Gasteiger partial charge < -0.3 is 15.0 Å². The Bertz CT molecular complexity index is 787. The van der Waals surface area contributed by atoms with Crippen LogP contribution in [-0.2, 0) is 4.79 Å². The van der Waals surface area contributed by atoms with Gasteiger partial charge in [-0.2, -0.15) is 0 Å². The smallest absolute Gasteiger partial charge is 0.241 e. The Kier molecular flexibility index (Phi) is 6.24. The summed E-state index contributed by atoms with van der Waals surface area (Å²) in [5, 5.41) is 3.67. The Morgan fingerprint density at radius 3 is 2.41 bits per heavy atom. The van der Waals surface area contributed by atoms with Crippen molar-refractivity contribution in [3.8, 4) is 5.75 Å². The Labute approximate surface area is 165 Å². The van der Waals surface area contributed by atoms with E-state index in [1.165, 1.54) is 5.69 Å². The van der Waals surface area contributed by atoms with Crippen LogP contribution in [0.1, 0.15) is 12.5 Å². The summed E-state index contributed by atoms with van der Waals surface area (Å²) in [6.07, 6.45) is 0. The number of ether oxygens (including phenoxy) is 1. The zero-order valence-corrected chi connectivity index (χ0v) is 16.8. The molecule has 1 saturated heterocycles. The van der Waals surface area contributed by atoms with Crippen molar-refractivity contribution < 1.29 is 9.53 Å². The number of benzene rings is 2. The predicted molar refractivity (Wildman–Crippen MR) is 111 cm³/mol. The van der Waals surface area contributed by atoms with Gasteiger partial charge in [-0.05, 0) is 55.8 Å². The van der Waals surface area contributed by atoms with Crippen LogP contribution in [0.2, 0.25) is 5.02 Å². The molecular formula is C21H26ClN3O2. The molecule has 27 heavy (non-hydrogen) atoms. The van der Waals surface area contributed by atoms with Crippen molar-refractivity contribution >= 4 is 28.9 Å². The van der Waals surface area contributed by atoms with Crippen molar-refractivity contribution in [1.29, 1.82) is 0 Å². The normalized spacial score (nSPS) is 16.1. The van der Waals surface area contributed by atoms with Crippen LogP contribution < -0.4 is 15.0 Å². The molecule has 1 aliphatic heterocycles. The fraction of sp³-hybridized carbons (Fsp3) is 0.381. The third-order valence-electron chi connectivity index (χ3n) is 5.20. The average molecular weight is 388 g/mol. The van der Waals surface area contributed by atoms with E-state index in [1.54, 1.807) is 7.11 Å². The molecule has 2 aromatic carbocycles. The highest BCUT2D eigenvalue weighted by atomic mass is 35.5. The van der Waals surface area contributed by atoms with Crippen molar-refractivity contribution in [2.75, 3.05) is 43.5 Å². The van der Waals surface area contributed by atoms with Crippen molar-refractivity contribution in [2.24, 2.45) is 0 Å². The molecule has 3 rings (SSSR count). The molecule has 0 radical (unpaired) electrons. The third kappa shape index (κ3) is 4.54. The first-order chi connectivity index (χ1) is 13.0. The zero-order valence-electron chi connectivity index (χ0n) is 16.0. The molecule has 1 heterocycles. The molecular weight excluding hydrogens is 362 g/mol. The van der Waals surface area contributed by atoms with Crippen LogP contribution in [0.15, 0.2) is 42.5 Å². The number of amides is 1. The average Bonchev–Trinajstić information content (AvgIpc) is 2.71. The SMILES string of the molecule is COc1ccc(N2CCN(C(C)C(=O)Nc3cccc(Cl)c3C)CC2)cc1. The van der Waals surface area contributed by atoms with Gasteiger partial charge in [0.2, 0.25) is 5.91 Å². The highest BCUT2D eigenvalue weighted by molar-refractivity contribution is 6.31. The Hall–Kier alpha value is -2.24. The summed E-state index contributed by atoms with van der Waals surface area (Å²) in [7, 11) is 1.67. The fourth-order valence-corrected chi connectivity index (χ4v) is 3.48. The lowest BCUT2D eigenvalue weighted by Crippen LogP contribution is -2.52. The summed E-state index contributed by atoms with van der Waals surface area (Å²) in [6.45, 7) is 7.33. The molecule has 1 fully saturated rings. The first kappa shape index (κ1) is 19.5. The second-order valence-electron chi connectivity index (χ2n) is 6.80. The van der Waals surface area contributed by atoms with Gasteiger partial charge in [0.1, 0.15) is 5.75 Å². The van der Waals surface area contributed by atoms with E-state index in [9.17, 15) is 4.79 Å². The van der Waals surface area contributed by atoms with E-state index < -0.39 is 0 Å². The quantitative estimate of drug-likeness (QED) is 0.847. The monoisotopic (exact) mass is 387 g/mol. The standard InChI is InChI=1S/C21H26ClN3O2/c1-15-19(22)5-4-6-20(15)23-21(26)16(2)24-11-13-25(14-12-24)17-7-9-18(27-3)10-8-17/h4-10,16H,11-14H2,1-3H3,(H,23,26). The lowest BCUT2D eigenvalue weighted by atomic mass is 10.1. The molecule has 0 saturated carbocycles.